The van der Waals surface area contributed by atoms with Crippen molar-refractivity contribution >= 4 is 27.8 Å². The number of pyridine rings is 1. The monoisotopic (exact) mass is 331 g/mol. The lowest BCUT2D eigenvalue weighted by molar-refractivity contribution is -0.141. The second kappa shape index (κ2) is 5.03. The summed E-state index contributed by atoms with van der Waals surface area (Å²) in [6.07, 6.45) is 2.80. The number of β-lactam (4-membered cyclic amide) rings is 1. The molecule has 3 rings (SSSR count). The van der Waals surface area contributed by atoms with Gasteiger partial charge in [-0.05, 0) is 18.2 Å². The lowest BCUT2D eigenvalue weighted by Gasteiger charge is -2.44. The van der Waals surface area contributed by atoms with Gasteiger partial charge in [-0.25, -0.2) is 13.2 Å². The van der Waals surface area contributed by atoms with Crippen LogP contribution in [0.25, 0.3) is 6.08 Å². The molecular weight excluding hydrogens is 322 g/mol. The first-order chi connectivity index (χ1) is 10.9. The van der Waals surface area contributed by atoms with Crippen molar-refractivity contribution in [1.82, 2.24) is 9.88 Å². The summed E-state index contributed by atoms with van der Waals surface area (Å²) in [4.78, 5) is 28.2. The molecule has 116 valence electrons. The lowest BCUT2D eigenvalue weighted by Crippen LogP contribution is -2.62. The summed E-state index contributed by atoms with van der Waals surface area (Å²) in [7, 11) is -3.89. The molecule has 2 aliphatic heterocycles. The molecule has 0 bridgehead atoms. The summed E-state index contributed by atoms with van der Waals surface area (Å²) in [6, 6.07) is 6.48. The molecule has 23 heavy (non-hydrogen) atoms. The number of rotatable bonds is 2. The number of nitrogens with zero attached hydrogens (tertiary/aromatic N) is 3. The Morgan fingerprint density at radius 3 is 2.78 bits per heavy atom. The van der Waals surface area contributed by atoms with Crippen LogP contribution in [0.3, 0.4) is 0 Å². The van der Waals surface area contributed by atoms with Gasteiger partial charge in [0.05, 0.1) is 28.7 Å². The third-order valence-corrected chi connectivity index (χ3v) is 5.34. The third kappa shape index (κ3) is 2.20. The van der Waals surface area contributed by atoms with E-state index < -0.39 is 44.1 Å². The van der Waals surface area contributed by atoms with Gasteiger partial charge in [0.2, 0.25) is 0 Å². The van der Waals surface area contributed by atoms with E-state index in [1.54, 1.807) is 24.3 Å². The minimum absolute atomic E-state index is 0.0561. The molecule has 0 radical (unpaired) electrons. The van der Waals surface area contributed by atoms with Gasteiger partial charge in [0.15, 0.2) is 15.2 Å². The fraction of sp³-hybridized carbons (Fsp3) is 0.143. The van der Waals surface area contributed by atoms with Gasteiger partial charge in [-0.1, -0.05) is 6.07 Å². The maximum absolute atomic E-state index is 12.3. The van der Waals surface area contributed by atoms with Crippen LogP contribution < -0.4 is 0 Å². The van der Waals surface area contributed by atoms with Gasteiger partial charge in [-0.15, -0.1) is 0 Å². The molecule has 1 aromatic rings. The van der Waals surface area contributed by atoms with Crippen molar-refractivity contribution in [2.24, 2.45) is 0 Å². The standard InChI is InChI=1S/C14H9N3O5S/c15-6-8-7-23(21,22)13-10(5-9-3-1-2-4-16-9)12(18)17(13)11(8)14(19)20/h1-5,13H,7H2,(H,19,20)/b10-5-/t13-/m0/s1. The van der Waals surface area contributed by atoms with Crippen LogP contribution in [-0.2, 0) is 19.4 Å². The molecule has 1 atom stereocenters. The van der Waals surface area contributed by atoms with Crippen LogP contribution in [0.15, 0.2) is 41.2 Å². The Morgan fingerprint density at radius 2 is 2.22 bits per heavy atom. The number of hydrogen-bond acceptors (Lipinski definition) is 6. The zero-order valence-corrected chi connectivity index (χ0v) is 12.3. The quantitative estimate of drug-likeness (QED) is 0.593. The van der Waals surface area contributed by atoms with Crippen molar-refractivity contribution in [3.63, 3.8) is 0 Å². The van der Waals surface area contributed by atoms with E-state index in [1.165, 1.54) is 12.3 Å². The number of carbonyl (C=O) groups excluding carboxylic acids is 1. The van der Waals surface area contributed by atoms with Crippen LogP contribution in [-0.4, -0.2) is 46.4 Å². The number of amides is 1. The number of carboxylic acid groups (broad SMARTS) is 1. The topological polar surface area (TPSA) is 128 Å². The molecule has 1 amide bonds. The fourth-order valence-electron chi connectivity index (χ4n) is 2.56. The number of aromatic nitrogens is 1. The highest BCUT2D eigenvalue weighted by molar-refractivity contribution is 7.92. The maximum atomic E-state index is 12.3. The highest BCUT2D eigenvalue weighted by Crippen LogP contribution is 2.40. The van der Waals surface area contributed by atoms with Gasteiger partial charge in [-0.2, -0.15) is 5.26 Å². The summed E-state index contributed by atoms with van der Waals surface area (Å²) < 4.78 is 24.6. The zero-order valence-electron chi connectivity index (χ0n) is 11.5. The fourth-order valence-corrected chi connectivity index (χ4v) is 4.40. The Hall–Kier alpha value is -2.99. The van der Waals surface area contributed by atoms with E-state index >= 15 is 0 Å². The highest BCUT2D eigenvalue weighted by Gasteiger charge is 2.56. The Balaban J connectivity index is 2.13. The predicted octanol–water partition coefficient (Wildman–Crippen LogP) is -0.0760. The van der Waals surface area contributed by atoms with E-state index in [4.69, 9.17) is 5.26 Å². The molecule has 0 aromatic carbocycles. The number of hydrogen-bond donors (Lipinski definition) is 1. The molecule has 1 saturated heterocycles. The van der Waals surface area contributed by atoms with E-state index in [2.05, 4.69) is 4.98 Å². The van der Waals surface area contributed by atoms with Gasteiger partial charge in [-0.3, -0.25) is 14.7 Å². The largest absolute Gasteiger partial charge is 0.477 e. The first-order valence-corrected chi connectivity index (χ1v) is 8.12. The minimum Gasteiger partial charge on any atom is -0.477 e. The Kier molecular flexibility index (Phi) is 3.26. The average molecular weight is 331 g/mol. The summed E-state index contributed by atoms with van der Waals surface area (Å²) in [5.74, 6) is -2.97. The smallest absolute Gasteiger partial charge is 0.353 e. The molecule has 3 heterocycles. The number of aliphatic carboxylic acids is 1. The van der Waals surface area contributed by atoms with Crippen molar-refractivity contribution in [1.29, 1.82) is 5.26 Å². The van der Waals surface area contributed by atoms with E-state index in [1.807, 2.05) is 0 Å². The van der Waals surface area contributed by atoms with E-state index in [0.29, 0.717) is 10.6 Å². The van der Waals surface area contributed by atoms with E-state index in [-0.39, 0.29) is 5.57 Å². The molecule has 0 saturated carbocycles. The first kappa shape index (κ1) is 14.9. The molecule has 8 nitrogen and oxygen atoms in total. The average Bonchev–Trinajstić information content (AvgIpc) is 2.51. The molecule has 1 N–H and O–H groups in total. The molecule has 0 unspecified atom stereocenters. The zero-order chi connectivity index (χ0) is 16.8. The molecule has 2 aliphatic rings. The van der Waals surface area contributed by atoms with Gasteiger partial charge in [0.1, 0.15) is 5.70 Å². The SMILES string of the molecule is N#CC1=C(C(=O)O)N2C(=O)/C(=C/c3ccccn3)[C@@H]2S(=O)(=O)C1. The predicted molar refractivity (Wildman–Crippen MR) is 76.9 cm³/mol. The molecule has 1 fully saturated rings. The molecule has 1 aromatic heterocycles. The number of nitriles is 1. The second-order valence-electron chi connectivity index (χ2n) is 4.93. The van der Waals surface area contributed by atoms with Crippen LogP contribution in [0.1, 0.15) is 5.69 Å². The summed E-state index contributed by atoms with van der Waals surface area (Å²) in [5, 5.41) is 16.8. The van der Waals surface area contributed by atoms with Crippen LogP contribution in [0, 0.1) is 11.3 Å². The normalized spacial score (nSPS) is 24.0. The molecule has 0 aliphatic carbocycles. The third-order valence-electron chi connectivity index (χ3n) is 3.51. The van der Waals surface area contributed by atoms with Crippen LogP contribution in [0.2, 0.25) is 0 Å². The van der Waals surface area contributed by atoms with Crippen molar-refractivity contribution in [3.8, 4) is 6.07 Å². The number of sulfone groups is 1. The maximum Gasteiger partial charge on any atom is 0.353 e. The van der Waals surface area contributed by atoms with E-state index in [0.717, 1.165) is 0 Å². The van der Waals surface area contributed by atoms with Gasteiger partial charge in [0, 0.05) is 6.20 Å². The van der Waals surface area contributed by atoms with Crippen LogP contribution >= 0.6 is 0 Å². The van der Waals surface area contributed by atoms with E-state index in [9.17, 15) is 23.1 Å². The minimum atomic E-state index is -3.89. The number of fused-ring (bicyclic) bond motifs is 1. The summed E-state index contributed by atoms with van der Waals surface area (Å²) in [5.41, 5.74) is -0.688. The van der Waals surface area contributed by atoms with Crippen molar-refractivity contribution in [2.75, 3.05) is 5.75 Å². The Bertz CT molecular complexity index is 925. The summed E-state index contributed by atoms with van der Waals surface area (Å²) in [6.45, 7) is 0. The molecule has 9 heteroatoms. The molecule has 0 spiro atoms. The van der Waals surface area contributed by atoms with Crippen LogP contribution in [0.4, 0.5) is 0 Å². The van der Waals surface area contributed by atoms with Gasteiger partial charge >= 0.3 is 5.97 Å². The van der Waals surface area contributed by atoms with Crippen molar-refractivity contribution < 1.29 is 23.1 Å². The Labute approximate surface area is 130 Å². The number of carbonyl (C=O) groups is 2. The first-order valence-electron chi connectivity index (χ1n) is 6.41. The van der Waals surface area contributed by atoms with Gasteiger partial charge < -0.3 is 5.11 Å². The molecular formula is C14H9N3O5S. The second-order valence-corrected chi connectivity index (χ2v) is 6.99. The lowest BCUT2D eigenvalue weighted by atomic mass is 10.0. The summed E-state index contributed by atoms with van der Waals surface area (Å²) >= 11 is 0. The van der Waals surface area contributed by atoms with Crippen molar-refractivity contribution in [3.05, 3.63) is 46.9 Å². The van der Waals surface area contributed by atoms with Crippen molar-refractivity contribution in [2.45, 2.75) is 5.37 Å². The van der Waals surface area contributed by atoms with Crippen LogP contribution in [0.5, 0.6) is 0 Å². The highest BCUT2D eigenvalue weighted by atomic mass is 32.2. The van der Waals surface area contributed by atoms with Gasteiger partial charge in [0.25, 0.3) is 5.91 Å². The Morgan fingerprint density at radius 1 is 1.48 bits per heavy atom. The number of carboxylic acids is 1.